The zero-order valence-corrected chi connectivity index (χ0v) is 12.8. The van der Waals surface area contributed by atoms with E-state index in [9.17, 15) is 0 Å². The molecule has 1 aromatic rings. The minimum atomic E-state index is 0.685. The molecule has 2 heterocycles. The summed E-state index contributed by atoms with van der Waals surface area (Å²) >= 11 is 0. The predicted molar refractivity (Wildman–Crippen MR) is 85.3 cm³/mol. The van der Waals surface area contributed by atoms with Crippen LogP contribution in [0, 0.1) is 5.92 Å². The number of likely N-dealkylation sites (tertiary alicyclic amines) is 1. The van der Waals surface area contributed by atoms with Crippen LogP contribution in [0.15, 0.2) is 24.3 Å². The third kappa shape index (κ3) is 3.15. The third-order valence-electron chi connectivity index (χ3n) is 4.79. The van der Waals surface area contributed by atoms with Gasteiger partial charge >= 0.3 is 0 Å². The van der Waals surface area contributed by atoms with Gasteiger partial charge in [0.05, 0.1) is 0 Å². The molecule has 0 bridgehead atoms. The molecule has 1 fully saturated rings. The summed E-state index contributed by atoms with van der Waals surface area (Å²) in [6.45, 7) is 4.90. The Bertz CT molecular complexity index is 436. The molecule has 110 valence electrons. The molecule has 3 heteroatoms. The van der Waals surface area contributed by atoms with Gasteiger partial charge in [0.2, 0.25) is 0 Å². The number of para-hydroxylation sites is 1. The average Bonchev–Trinajstić information content (AvgIpc) is 2.47. The molecule has 2 aliphatic heterocycles. The second-order valence-electron chi connectivity index (χ2n) is 6.64. The van der Waals surface area contributed by atoms with Gasteiger partial charge in [-0.15, -0.1) is 0 Å². The second kappa shape index (κ2) is 6.15. The van der Waals surface area contributed by atoms with E-state index in [4.69, 9.17) is 0 Å². The minimum Gasteiger partial charge on any atom is -0.383 e. The van der Waals surface area contributed by atoms with Crippen LogP contribution >= 0.6 is 0 Å². The summed E-state index contributed by atoms with van der Waals surface area (Å²) in [7, 11) is 4.38. The molecule has 0 radical (unpaired) electrons. The first-order valence-electron chi connectivity index (χ1n) is 7.93. The average molecular weight is 273 g/mol. The van der Waals surface area contributed by atoms with Crippen LogP contribution < -0.4 is 5.32 Å². The second-order valence-corrected chi connectivity index (χ2v) is 6.64. The Morgan fingerprint density at radius 2 is 1.95 bits per heavy atom. The summed E-state index contributed by atoms with van der Waals surface area (Å²) in [4.78, 5) is 5.04. The van der Waals surface area contributed by atoms with E-state index in [0.29, 0.717) is 6.04 Å². The summed E-state index contributed by atoms with van der Waals surface area (Å²) in [6, 6.07) is 9.44. The van der Waals surface area contributed by atoms with E-state index < -0.39 is 0 Å². The van der Waals surface area contributed by atoms with Gasteiger partial charge in [-0.05, 0) is 64.0 Å². The van der Waals surface area contributed by atoms with Crippen LogP contribution in [0.5, 0.6) is 0 Å². The number of nitrogens with zero attached hydrogens (tertiary/aromatic N) is 2. The van der Waals surface area contributed by atoms with Gasteiger partial charge < -0.3 is 10.2 Å². The Morgan fingerprint density at radius 3 is 2.70 bits per heavy atom. The standard InChI is InChI=1S/C17H27N3/c1-19(2)13-14-7-9-20(10-8-14)16-11-15-5-3-4-6-17(15)18-12-16/h3-6,14,16,18H,7-13H2,1-2H3. The molecule has 3 rings (SSSR count). The summed E-state index contributed by atoms with van der Waals surface area (Å²) < 4.78 is 0. The van der Waals surface area contributed by atoms with Crippen LogP contribution in [0.25, 0.3) is 0 Å². The van der Waals surface area contributed by atoms with Crippen LogP contribution in [0.2, 0.25) is 0 Å². The topological polar surface area (TPSA) is 18.5 Å². The van der Waals surface area contributed by atoms with Crippen LogP contribution in [-0.2, 0) is 6.42 Å². The number of hydrogen-bond acceptors (Lipinski definition) is 3. The smallest absolute Gasteiger partial charge is 0.0373 e. The molecular weight excluding hydrogens is 246 g/mol. The largest absolute Gasteiger partial charge is 0.383 e. The van der Waals surface area contributed by atoms with E-state index >= 15 is 0 Å². The summed E-state index contributed by atoms with van der Waals surface area (Å²) in [5.41, 5.74) is 2.82. The monoisotopic (exact) mass is 273 g/mol. The van der Waals surface area contributed by atoms with Gasteiger partial charge in [0.25, 0.3) is 0 Å². The fourth-order valence-electron chi connectivity index (χ4n) is 3.70. The normalized spacial score (nSPS) is 24.4. The lowest BCUT2D eigenvalue weighted by atomic mass is 9.92. The molecule has 20 heavy (non-hydrogen) atoms. The highest BCUT2D eigenvalue weighted by atomic mass is 15.2. The van der Waals surface area contributed by atoms with Crippen molar-refractivity contribution in [2.75, 3.05) is 45.6 Å². The van der Waals surface area contributed by atoms with Crippen molar-refractivity contribution in [2.24, 2.45) is 5.92 Å². The first-order valence-corrected chi connectivity index (χ1v) is 7.93. The Balaban J connectivity index is 1.55. The van der Waals surface area contributed by atoms with E-state index in [0.717, 1.165) is 12.5 Å². The van der Waals surface area contributed by atoms with Gasteiger partial charge in [-0.3, -0.25) is 4.90 Å². The van der Waals surface area contributed by atoms with Crippen molar-refractivity contribution in [1.29, 1.82) is 0 Å². The van der Waals surface area contributed by atoms with Crippen LogP contribution in [0.4, 0.5) is 5.69 Å². The van der Waals surface area contributed by atoms with Gasteiger partial charge in [0.15, 0.2) is 0 Å². The number of hydrogen-bond donors (Lipinski definition) is 1. The molecule has 0 spiro atoms. The highest BCUT2D eigenvalue weighted by Gasteiger charge is 2.27. The van der Waals surface area contributed by atoms with Gasteiger partial charge in [0.1, 0.15) is 0 Å². The fraction of sp³-hybridized carbons (Fsp3) is 0.647. The van der Waals surface area contributed by atoms with Crippen molar-refractivity contribution >= 4 is 5.69 Å². The van der Waals surface area contributed by atoms with Crippen molar-refractivity contribution in [3.63, 3.8) is 0 Å². The van der Waals surface area contributed by atoms with E-state index in [-0.39, 0.29) is 0 Å². The number of anilines is 1. The lowest BCUT2D eigenvalue weighted by Crippen LogP contribution is -2.48. The first-order chi connectivity index (χ1) is 9.72. The van der Waals surface area contributed by atoms with Crippen LogP contribution in [-0.4, -0.2) is 56.1 Å². The summed E-state index contributed by atoms with van der Waals surface area (Å²) in [6.07, 6.45) is 3.92. The lowest BCUT2D eigenvalue weighted by Gasteiger charge is -2.40. The van der Waals surface area contributed by atoms with Crippen LogP contribution in [0.3, 0.4) is 0 Å². The molecule has 1 atom stereocenters. The molecule has 1 aromatic carbocycles. The van der Waals surface area contributed by atoms with Crippen molar-refractivity contribution in [3.05, 3.63) is 29.8 Å². The Hall–Kier alpha value is -1.06. The molecule has 3 nitrogen and oxygen atoms in total. The third-order valence-corrected chi connectivity index (χ3v) is 4.79. The van der Waals surface area contributed by atoms with E-state index in [1.165, 1.54) is 50.1 Å². The Labute approximate surface area is 123 Å². The van der Waals surface area contributed by atoms with Crippen molar-refractivity contribution < 1.29 is 0 Å². The zero-order valence-electron chi connectivity index (χ0n) is 12.8. The molecule has 0 aliphatic carbocycles. The SMILES string of the molecule is CN(C)CC1CCN(C2CNc3ccccc3C2)CC1. The zero-order chi connectivity index (χ0) is 13.9. The maximum atomic E-state index is 3.60. The Morgan fingerprint density at radius 1 is 1.20 bits per heavy atom. The van der Waals surface area contributed by atoms with E-state index in [1.807, 2.05) is 0 Å². The summed E-state index contributed by atoms with van der Waals surface area (Å²) in [5, 5.41) is 3.60. The van der Waals surface area contributed by atoms with E-state index in [2.05, 4.69) is 53.5 Å². The summed E-state index contributed by atoms with van der Waals surface area (Å²) in [5.74, 6) is 0.894. The van der Waals surface area contributed by atoms with Crippen molar-refractivity contribution in [1.82, 2.24) is 9.80 Å². The molecule has 1 saturated heterocycles. The molecule has 0 amide bonds. The molecule has 1 N–H and O–H groups in total. The lowest BCUT2D eigenvalue weighted by molar-refractivity contribution is 0.122. The van der Waals surface area contributed by atoms with Gasteiger partial charge in [-0.25, -0.2) is 0 Å². The quantitative estimate of drug-likeness (QED) is 0.911. The van der Waals surface area contributed by atoms with E-state index in [1.54, 1.807) is 0 Å². The number of fused-ring (bicyclic) bond motifs is 1. The van der Waals surface area contributed by atoms with Gasteiger partial charge in [0, 0.05) is 24.8 Å². The highest BCUT2D eigenvalue weighted by Crippen LogP contribution is 2.26. The predicted octanol–water partition coefficient (Wildman–Crippen LogP) is 2.30. The first kappa shape index (κ1) is 13.9. The molecule has 2 aliphatic rings. The number of nitrogens with one attached hydrogen (secondary N) is 1. The van der Waals surface area contributed by atoms with Crippen molar-refractivity contribution in [2.45, 2.75) is 25.3 Å². The number of piperidine rings is 1. The molecule has 1 unspecified atom stereocenters. The highest BCUT2D eigenvalue weighted by molar-refractivity contribution is 5.53. The number of rotatable bonds is 3. The maximum Gasteiger partial charge on any atom is 0.0373 e. The fourth-order valence-corrected chi connectivity index (χ4v) is 3.70. The maximum absolute atomic E-state index is 3.60. The molecule has 0 saturated carbocycles. The molecule has 0 aromatic heterocycles. The number of benzene rings is 1. The minimum absolute atomic E-state index is 0.685. The van der Waals surface area contributed by atoms with Gasteiger partial charge in [-0.1, -0.05) is 18.2 Å². The van der Waals surface area contributed by atoms with Crippen LogP contribution in [0.1, 0.15) is 18.4 Å². The van der Waals surface area contributed by atoms with Crippen molar-refractivity contribution in [3.8, 4) is 0 Å². The Kier molecular flexibility index (Phi) is 4.27. The van der Waals surface area contributed by atoms with Gasteiger partial charge in [-0.2, -0.15) is 0 Å². The molecular formula is C17H27N3.